The number of esters is 6. The molecule has 4 saturated heterocycles. The van der Waals surface area contributed by atoms with E-state index in [1.165, 1.54) is 12.1 Å². The van der Waals surface area contributed by atoms with Gasteiger partial charge in [-0.25, -0.2) is 14.4 Å². The molecule has 0 unspecified atom stereocenters. The largest absolute Gasteiger partial charge is 0.463 e. The van der Waals surface area contributed by atoms with Gasteiger partial charge in [0.2, 0.25) is 9.70 Å². The number of ketones is 1. The van der Waals surface area contributed by atoms with Crippen molar-refractivity contribution in [1.82, 2.24) is 16.0 Å². The van der Waals surface area contributed by atoms with Gasteiger partial charge in [-0.2, -0.15) is 0 Å². The van der Waals surface area contributed by atoms with Crippen LogP contribution in [0.15, 0.2) is 109 Å². The molecule has 4 aliphatic heterocycles. The lowest BCUT2D eigenvalue weighted by molar-refractivity contribution is -0.359. The molecule has 1 aliphatic carbocycles. The Hall–Kier alpha value is -8.11. The number of benzene rings is 4. The van der Waals surface area contributed by atoms with E-state index >= 15 is 0 Å². The lowest BCUT2D eigenvalue weighted by atomic mass is 9.94. The third-order valence-corrected chi connectivity index (χ3v) is 16.2. The normalized spacial score (nSPS) is 27.3. The van der Waals surface area contributed by atoms with Gasteiger partial charge in [0.1, 0.15) is 68.5 Å². The van der Waals surface area contributed by atoms with Crippen LogP contribution in [0.4, 0.5) is 9.59 Å². The Morgan fingerprint density at radius 3 is 1.73 bits per heavy atom. The summed E-state index contributed by atoms with van der Waals surface area (Å²) in [4.78, 5) is 133. The molecule has 4 fully saturated rings. The number of ether oxygens (including phenoxy) is 16. The van der Waals surface area contributed by atoms with Crippen molar-refractivity contribution < 1.29 is 129 Å². The van der Waals surface area contributed by atoms with Gasteiger partial charge < -0.3 is 96.8 Å². The molecule has 3 amide bonds. The van der Waals surface area contributed by atoms with E-state index < -0.39 is 207 Å². The zero-order chi connectivity index (χ0) is 71.2. The van der Waals surface area contributed by atoms with Crippen molar-refractivity contribution in [3.8, 4) is 11.1 Å². The van der Waals surface area contributed by atoms with Crippen LogP contribution in [-0.4, -0.2) is 213 Å². The molecule has 33 heteroatoms. The number of fused-ring (bicyclic) bond motifs is 4. The van der Waals surface area contributed by atoms with Crippen LogP contribution in [0.2, 0.25) is 0 Å². The molecule has 0 spiro atoms. The van der Waals surface area contributed by atoms with Crippen molar-refractivity contribution in [2.75, 3.05) is 46.2 Å². The molecule has 4 aromatic rings. The third kappa shape index (κ3) is 20.1. The monoisotopic (exact) mass is 1440 g/mol. The first-order chi connectivity index (χ1) is 47.2. The SMILES string of the molecule is CC(=O)N[C@H]1[C@@H](OC[C@H](NC(=O)OCC2c3ccccc3-c3ccccc32)C(=O)OCC(=O)c2ccccc2)O[C@H](CO[C@@H]2O[C@@H]3CO[C@@H](c4ccccc4)O[C@H]3[C@H](OC(C)=O)[C@H]2NC(=O)OCC(Cl)(Cl)Cl)[C@H](O)[C@@H]1O[C@@H]1O[C@H](COC(C)=O)[C@H](OC(C)=O)[C@H](OC(C)=O)[C@H]1OC(C)=O. The predicted molar refractivity (Wildman–Crippen MR) is 338 cm³/mol. The van der Waals surface area contributed by atoms with Crippen molar-refractivity contribution in [3.05, 3.63) is 131 Å². The first-order valence-corrected chi connectivity index (χ1v) is 32.2. The number of Topliss-reactive ketones (excluding diaryl/α,β-unsaturated/α-hetero) is 1. The Labute approximate surface area is 581 Å². The summed E-state index contributed by atoms with van der Waals surface area (Å²) in [5.74, 6) is -7.96. The van der Waals surface area contributed by atoms with E-state index in [1.54, 1.807) is 48.5 Å². The van der Waals surface area contributed by atoms with Gasteiger partial charge in [0, 0.05) is 58.6 Å². The second-order valence-corrected chi connectivity index (χ2v) is 25.7. The second-order valence-electron chi connectivity index (χ2n) is 23.2. The molecule has 0 bridgehead atoms. The van der Waals surface area contributed by atoms with Gasteiger partial charge in [0.15, 0.2) is 68.0 Å². The molecular weight excluding hydrogens is 1370 g/mol. The fraction of sp³-hybridized carbons (Fsp3) is 0.485. The van der Waals surface area contributed by atoms with Crippen LogP contribution in [0.5, 0.6) is 0 Å². The van der Waals surface area contributed by atoms with Crippen LogP contribution in [0, 0.1) is 0 Å². The summed E-state index contributed by atoms with van der Waals surface area (Å²) in [6, 6.07) is 26.1. The molecule has 4 aromatic carbocycles. The minimum Gasteiger partial charge on any atom is -0.463 e. The highest BCUT2D eigenvalue weighted by Crippen LogP contribution is 2.45. The summed E-state index contributed by atoms with van der Waals surface area (Å²) in [6.45, 7) is 1.41. The molecule has 30 nitrogen and oxygen atoms in total. The van der Waals surface area contributed by atoms with Crippen molar-refractivity contribution in [1.29, 1.82) is 0 Å². The van der Waals surface area contributed by atoms with Crippen molar-refractivity contribution in [2.45, 2.75) is 156 Å². The molecule has 5 aliphatic rings. The Morgan fingerprint density at radius 1 is 0.545 bits per heavy atom. The Balaban J connectivity index is 1.07. The fourth-order valence-electron chi connectivity index (χ4n) is 11.8. The van der Waals surface area contributed by atoms with E-state index in [4.69, 9.17) is 111 Å². The van der Waals surface area contributed by atoms with E-state index in [9.17, 15) is 53.1 Å². The summed E-state index contributed by atoms with van der Waals surface area (Å²) in [7, 11) is 0. The molecule has 17 atom stereocenters. The number of hydrogen-bond acceptors (Lipinski definition) is 27. The van der Waals surface area contributed by atoms with Crippen molar-refractivity contribution in [3.63, 3.8) is 0 Å². The number of nitrogens with one attached hydrogen (secondary N) is 3. The van der Waals surface area contributed by atoms with Crippen LogP contribution < -0.4 is 16.0 Å². The number of aliphatic hydroxyl groups excluding tert-OH is 1. The maximum Gasteiger partial charge on any atom is 0.407 e. The highest BCUT2D eigenvalue weighted by atomic mass is 35.6. The van der Waals surface area contributed by atoms with Crippen molar-refractivity contribution >= 4 is 94.5 Å². The van der Waals surface area contributed by atoms with Gasteiger partial charge in [-0.3, -0.25) is 33.6 Å². The number of halogens is 3. The summed E-state index contributed by atoms with van der Waals surface area (Å²) in [6.07, 6.45) is -26.3. The van der Waals surface area contributed by atoms with Crippen LogP contribution >= 0.6 is 34.8 Å². The maximum atomic E-state index is 14.4. The molecule has 4 N–H and O–H groups in total. The molecular formula is C66H72Cl3N3O27. The first-order valence-electron chi connectivity index (χ1n) is 31.0. The lowest BCUT2D eigenvalue weighted by Crippen LogP contribution is -2.70. The Kier molecular flexibility index (Phi) is 26.0. The molecule has 99 heavy (non-hydrogen) atoms. The number of alkyl carbamates (subject to hydrolysis) is 2. The molecule has 0 radical (unpaired) electrons. The molecule has 534 valence electrons. The number of rotatable bonds is 25. The molecule has 4 heterocycles. The quantitative estimate of drug-likeness (QED) is 0.0304. The highest BCUT2D eigenvalue weighted by Gasteiger charge is 2.58. The van der Waals surface area contributed by atoms with Crippen LogP contribution in [0.25, 0.3) is 11.1 Å². The lowest BCUT2D eigenvalue weighted by Gasteiger charge is -2.50. The van der Waals surface area contributed by atoms with Gasteiger partial charge in [-0.15, -0.1) is 0 Å². The number of aliphatic hydroxyl groups is 1. The smallest absolute Gasteiger partial charge is 0.407 e. The summed E-state index contributed by atoms with van der Waals surface area (Å²) in [5.41, 5.74) is 4.26. The number of alkyl halides is 3. The molecule has 9 rings (SSSR count). The third-order valence-electron chi connectivity index (χ3n) is 15.9. The van der Waals surface area contributed by atoms with E-state index in [0.717, 1.165) is 63.8 Å². The van der Waals surface area contributed by atoms with E-state index in [1.807, 2.05) is 48.5 Å². The number of amides is 3. The number of carbonyl (C=O) groups excluding carboxylic acids is 10. The molecule has 0 saturated carbocycles. The summed E-state index contributed by atoms with van der Waals surface area (Å²) < 4.78 is 93.4. The maximum absolute atomic E-state index is 14.4. The predicted octanol–water partition coefficient (Wildman–Crippen LogP) is 4.65. The second kappa shape index (κ2) is 34.3. The zero-order valence-electron chi connectivity index (χ0n) is 53.9. The highest BCUT2D eigenvalue weighted by molar-refractivity contribution is 6.67. The van der Waals surface area contributed by atoms with Crippen LogP contribution in [-0.2, 0) is 109 Å². The standard InChI is InChI=1S/C66H72Cl3N3O27/c1-32(73)70-50-55(99-63-58(94-37(6)78)57(93-36(5)77)54(91-34(3)75)48(97-63)29-84-33(2)74)52(80)47(28-88-62-51(72-65(83)90-31-66(67,68)69)56(92-35(4)76)53-49(96-62)30-87-60(98-53)39-19-11-8-12-20-39)95-61(50)86-26-45(59(81)85-27-46(79)38-17-9-7-10-18-38)71-64(82)89-25-44-42-23-15-13-21-40(42)41-22-14-16-24-43(41)44/h7-24,44-45,47-58,60-63,80H,25-31H2,1-6H3,(H,70,73)(H,71,82)(H,72,83)/t45-,47+,48+,49+,50+,51+,52-,53+,54-,55+,56+,57-,58+,60+,61-,62+,63-/m0/s1. The Morgan fingerprint density at radius 2 is 1.11 bits per heavy atom. The van der Waals surface area contributed by atoms with E-state index in [2.05, 4.69) is 16.0 Å². The Bertz CT molecular complexity index is 3490. The summed E-state index contributed by atoms with van der Waals surface area (Å²) >= 11 is 17.8. The van der Waals surface area contributed by atoms with E-state index in [-0.39, 0.29) is 18.8 Å². The van der Waals surface area contributed by atoms with Gasteiger partial charge in [0.05, 0.1) is 19.8 Å². The van der Waals surface area contributed by atoms with Crippen molar-refractivity contribution in [2.24, 2.45) is 0 Å². The van der Waals surface area contributed by atoms with Crippen LogP contribution in [0.1, 0.15) is 80.8 Å². The van der Waals surface area contributed by atoms with Gasteiger partial charge in [0.25, 0.3) is 0 Å². The van der Waals surface area contributed by atoms with Gasteiger partial charge in [-0.05, 0) is 22.3 Å². The number of hydrogen-bond donors (Lipinski definition) is 4. The summed E-state index contributed by atoms with van der Waals surface area (Å²) in [5, 5.41) is 20.4. The van der Waals surface area contributed by atoms with Gasteiger partial charge in [-0.1, -0.05) is 144 Å². The van der Waals surface area contributed by atoms with Crippen LogP contribution in [0.3, 0.4) is 0 Å². The van der Waals surface area contributed by atoms with Gasteiger partial charge >= 0.3 is 48.0 Å². The zero-order valence-corrected chi connectivity index (χ0v) is 56.2. The minimum atomic E-state index is -2.13. The fourth-order valence-corrected chi connectivity index (χ4v) is 11.9. The molecule has 0 aromatic heterocycles. The average Bonchev–Trinajstić information content (AvgIpc) is 1.67. The average molecular weight is 1450 g/mol. The van der Waals surface area contributed by atoms with E-state index in [0.29, 0.717) is 5.56 Å². The minimum absolute atomic E-state index is 0.172. The topological polar surface area (TPSA) is 375 Å². The first kappa shape index (κ1) is 75.1. The number of carbonyl (C=O) groups is 10.